The van der Waals surface area contributed by atoms with Crippen molar-refractivity contribution in [1.82, 2.24) is 9.78 Å². The number of nitrogens with zero attached hydrogens (tertiary/aromatic N) is 2. The van der Waals surface area contributed by atoms with Gasteiger partial charge in [0.05, 0.1) is 5.52 Å². The maximum absolute atomic E-state index is 13.3. The Balaban J connectivity index is 2.34. The minimum atomic E-state index is -0.830. The van der Waals surface area contributed by atoms with Gasteiger partial charge in [0.2, 0.25) is 0 Å². The highest BCUT2D eigenvalue weighted by Crippen LogP contribution is 2.28. The van der Waals surface area contributed by atoms with Gasteiger partial charge in [0.1, 0.15) is 17.3 Å². The van der Waals surface area contributed by atoms with E-state index < -0.39 is 17.7 Å². The number of hydrogen-bond acceptors (Lipinski definition) is 2. The Morgan fingerprint density at radius 3 is 2.55 bits per heavy atom. The first-order valence-electron chi connectivity index (χ1n) is 5.80. The predicted molar refractivity (Wildman–Crippen MR) is 70.1 cm³/mol. The summed E-state index contributed by atoms with van der Waals surface area (Å²) in [6.45, 7) is 0. The first-order chi connectivity index (χ1) is 9.56. The molecular formula is C14H9F2N3O. The first kappa shape index (κ1) is 12.3. The zero-order chi connectivity index (χ0) is 14.3. The molecule has 2 aromatic carbocycles. The molecule has 20 heavy (non-hydrogen) atoms. The maximum atomic E-state index is 13.3. The summed E-state index contributed by atoms with van der Waals surface area (Å²) in [5.74, 6) is -0.933. The quantitative estimate of drug-likeness (QED) is 0.741. The van der Waals surface area contributed by atoms with Crippen LogP contribution in [0.1, 0.15) is 0 Å². The third-order valence-electron chi connectivity index (χ3n) is 2.95. The van der Waals surface area contributed by atoms with Gasteiger partial charge >= 0.3 is 6.03 Å². The molecule has 0 unspecified atom stereocenters. The number of carbonyl (C=O) groups excluding carboxylic acids is 1. The Morgan fingerprint density at radius 2 is 1.85 bits per heavy atom. The molecular weight excluding hydrogens is 264 g/mol. The number of aromatic nitrogens is 2. The third-order valence-corrected chi connectivity index (χ3v) is 2.95. The SMILES string of the molecule is NC(=O)n1nc(-c2cccc(F)c2)c2ccc(F)cc21. The van der Waals surface area contributed by atoms with Gasteiger partial charge in [-0.3, -0.25) is 0 Å². The second-order valence-electron chi connectivity index (χ2n) is 4.27. The van der Waals surface area contributed by atoms with Crippen molar-refractivity contribution in [2.45, 2.75) is 0 Å². The molecule has 100 valence electrons. The molecule has 0 spiro atoms. The Kier molecular flexibility index (Phi) is 2.71. The molecule has 1 aromatic heterocycles. The van der Waals surface area contributed by atoms with E-state index in [4.69, 9.17) is 5.73 Å². The highest BCUT2D eigenvalue weighted by atomic mass is 19.1. The standard InChI is InChI=1S/C14H9F2N3O/c15-9-3-1-2-8(6-9)13-11-5-4-10(16)7-12(11)19(18-13)14(17)20/h1-7H,(H2,17,20). The zero-order valence-corrected chi connectivity index (χ0v) is 10.2. The Morgan fingerprint density at radius 1 is 1.10 bits per heavy atom. The molecule has 0 saturated carbocycles. The van der Waals surface area contributed by atoms with Gasteiger partial charge in [-0.25, -0.2) is 13.6 Å². The summed E-state index contributed by atoms with van der Waals surface area (Å²) in [4.78, 5) is 11.4. The van der Waals surface area contributed by atoms with Gasteiger partial charge in [-0.2, -0.15) is 9.78 Å². The van der Waals surface area contributed by atoms with Crippen LogP contribution in [-0.4, -0.2) is 15.8 Å². The minimum absolute atomic E-state index is 0.247. The van der Waals surface area contributed by atoms with Crippen LogP contribution in [-0.2, 0) is 0 Å². The van der Waals surface area contributed by atoms with Gasteiger partial charge in [0.25, 0.3) is 0 Å². The number of fused-ring (bicyclic) bond motifs is 1. The normalized spacial score (nSPS) is 10.9. The van der Waals surface area contributed by atoms with Crippen LogP contribution < -0.4 is 5.73 Å². The third kappa shape index (κ3) is 1.91. The Hall–Kier alpha value is -2.76. The number of nitrogens with two attached hydrogens (primary N) is 1. The van der Waals surface area contributed by atoms with Gasteiger partial charge in [0, 0.05) is 17.0 Å². The number of amides is 1. The van der Waals surface area contributed by atoms with Crippen molar-refractivity contribution in [3.63, 3.8) is 0 Å². The summed E-state index contributed by atoms with van der Waals surface area (Å²) in [5, 5.41) is 4.57. The summed E-state index contributed by atoms with van der Waals surface area (Å²) in [5.41, 5.74) is 6.32. The molecule has 1 heterocycles. The second kappa shape index (κ2) is 4.41. The van der Waals surface area contributed by atoms with E-state index in [1.54, 1.807) is 6.07 Å². The lowest BCUT2D eigenvalue weighted by Crippen LogP contribution is -2.20. The summed E-state index contributed by atoms with van der Waals surface area (Å²) >= 11 is 0. The fourth-order valence-electron chi connectivity index (χ4n) is 2.11. The average Bonchev–Trinajstić information content (AvgIpc) is 2.77. The van der Waals surface area contributed by atoms with E-state index >= 15 is 0 Å². The van der Waals surface area contributed by atoms with Crippen LogP contribution in [0.4, 0.5) is 13.6 Å². The maximum Gasteiger partial charge on any atom is 0.340 e. The molecule has 0 saturated heterocycles. The second-order valence-corrected chi connectivity index (χ2v) is 4.27. The molecule has 0 bridgehead atoms. The van der Waals surface area contributed by atoms with E-state index in [0.29, 0.717) is 16.6 Å². The lowest BCUT2D eigenvalue weighted by atomic mass is 10.1. The molecule has 0 radical (unpaired) electrons. The van der Waals surface area contributed by atoms with Crippen molar-refractivity contribution >= 4 is 16.9 Å². The molecule has 1 amide bonds. The molecule has 6 heteroatoms. The Labute approximate surface area is 112 Å². The van der Waals surface area contributed by atoms with Gasteiger partial charge in [-0.05, 0) is 24.3 Å². The number of primary amides is 1. The highest BCUT2D eigenvalue weighted by molar-refractivity contribution is 5.98. The van der Waals surface area contributed by atoms with Gasteiger partial charge < -0.3 is 5.73 Å². The molecule has 0 aliphatic heterocycles. The van der Waals surface area contributed by atoms with Crippen LogP contribution in [0.25, 0.3) is 22.2 Å². The van der Waals surface area contributed by atoms with E-state index in [0.717, 1.165) is 10.7 Å². The fraction of sp³-hybridized carbons (Fsp3) is 0. The van der Waals surface area contributed by atoms with E-state index in [1.807, 2.05) is 0 Å². The van der Waals surface area contributed by atoms with Gasteiger partial charge in [-0.1, -0.05) is 12.1 Å². The fourth-order valence-corrected chi connectivity index (χ4v) is 2.11. The molecule has 0 fully saturated rings. The molecule has 0 aliphatic carbocycles. The summed E-state index contributed by atoms with van der Waals surface area (Å²) in [6.07, 6.45) is 0. The van der Waals surface area contributed by atoms with Crippen LogP contribution >= 0.6 is 0 Å². The first-order valence-corrected chi connectivity index (χ1v) is 5.80. The molecule has 4 nitrogen and oxygen atoms in total. The van der Waals surface area contributed by atoms with Crippen LogP contribution in [0.5, 0.6) is 0 Å². The highest BCUT2D eigenvalue weighted by Gasteiger charge is 2.16. The Bertz CT molecular complexity index is 826. The smallest absolute Gasteiger partial charge is 0.340 e. The van der Waals surface area contributed by atoms with E-state index in [-0.39, 0.29) is 5.52 Å². The van der Waals surface area contributed by atoms with Crippen molar-refractivity contribution in [1.29, 1.82) is 0 Å². The number of benzene rings is 2. The summed E-state index contributed by atoms with van der Waals surface area (Å²) in [6, 6.07) is 8.84. The molecule has 3 rings (SSSR count). The monoisotopic (exact) mass is 273 g/mol. The predicted octanol–water partition coefficient (Wildman–Crippen LogP) is 2.91. The van der Waals surface area contributed by atoms with Crippen molar-refractivity contribution in [2.75, 3.05) is 0 Å². The van der Waals surface area contributed by atoms with Gasteiger partial charge in [-0.15, -0.1) is 0 Å². The molecule has 0 aliphatic rings. The number of carbonyl (C=O) groups is 1. The van der Waals surface area contributed by atoms with Crippen LogP contribution in [0, 0.1) is 11.6 Å². The summed E-state index contributed by atoms with van der Waals surface area (Å²) in [7, 11) is 0. The van der Waals surface area contributed by atoms with Crippen LogP contribution in [0.2, 0.25) is 0 Å². The summed E-state index contributed by atoms with van der Waals surface area (Å²) < 4.78 is 27.5. The van der Waals surface area contributed by atoms with Crippen molar-refractivity contribution in [3.8, 4) is 11.3 Å². The largest absolute Gasteiger partial charge is 0.350 e. The topological polar surface area (TPSA) is 60.9 Å². The molecule has 2 N–H and O–H groups in total. The molecule has 0 atom stereocenters. The number of rotatable bonds is 1. The minimum Gasteiger partial charge on any atom is -0.350 e. The van der Waals surface area contributed by atoms with Gasteiger partial charge in [0.15, 0.2) is 0 Å². The zero-order valence-electron chi connectivity index (χ0n) is 10.2. The van der Waals surface area contributed by atoms with E-state index in [1.165, 1.54) is 30.3 Å². The number of hydrogen-bond donors (Lipinski definition) is 1. The lowest BCUT2D eigenvalue weighted by molar-refractivity contribution is 0.248. The van der Waals surface area contributed by atoms with E-state index in [9.17, 15) is 13.6 Å². The van der Waals surface area contributed by atoms with Crippen molar-refractivity contribution in [2.24, 2.45) is 5.73 Å². The number of halogens is 2. The van der Waals surface area contributed by atoms with Crippen molar-refractivity contribution in [3.05, 3.63) is 54.1 Å². The van der Waals surface area contributed by atoms with Crippen LogP contribution in [0.15, 0.2) is 42.5 Å². The van der Waals surface area contributed by atoms with E-state index in [2.05, 4.69) is 5.10 Å². The lowest BCUT2D eigenvalue weighted by Gasteiger charge is -1.97. The van der Waals surface area contributed by atoms with Crippen LogP contribution in [0.3, 0.4) is 0 Å². The molecule has 3 aromatic rings. The van der Waals surface area contributed by atoms with Crippen molar-refractivity contribution < 1.29 is 13.6 Å². The average molecular weight is 273 g/mol.